The van der Waals surface area contributed by atoms with E-state index in [0.29, 0.717) is 28.0 Å². The number of rotatable bonds is 6. The number of unbranched alkanes of at least 4 members (excludes halogenated alkanes) is 1. The molecule has 0 saturated heterocycles. The van der Waals surface area contributed by atoms with Crippen LogP contribution < -0.4 is 4.74 Å². The molecule has 0 fully saturated rings. The zero-order valence-corrected chi connectivity index (χ0v) is 14.3. The second-order valence-electron chi connectivity index (χ2n) is 4.88. The van der Waals surface area contributed by atoms with Gasteiger partial charge < -0.3 is 9.47 Å². The van der Waals surface area contributed by atoms with Crippen molar-refractivity contribution in [2.75, 3.05) is 6.61 Å². The number of hydrogen-bond acceptors (Lipinski definition) is 4. The molecule has 2 aromatic rings. The van der Waals surface area contributed by atoms with Gasteiger partial charge in [-0.3, -0.25) is 0 Å². The fraction of sp³-hybridized carbons (Fsp3) is 0.222. The fourth-order valence-electron chi connectivity index (χ4n) is 1.84. The Hall–Kier alpha value is -2.14. The number of hydrogen-bond donors (Lipinski definition) is 0. The summed E-state index contributed by atoms with van der Waals surface area (Å²) in [4.78, 5) is 23.9. The Morgan fingerprint density at radius 2 is 1.70 bits per heavy atom. The van der Waals surface area contributed by atoms with Gasteiger partial charge in [0.15, 0.2) is 0 Å². The van der Waals surface area contributed by atoms with Crippen LogP contribution in [0.5, 0.6) is 5.75 Å². The molecule has 4 nitrogen and oxygen atoms in total. The van der Waals surface area contributed by atoms with Crippen LogP contribution in [-0.2, 0) is 4.74 Å². The van der Waals surface area contributed by atoms with E-state index in [1.165, 1.54) is 0 Å². The highest BCUT2D eigenvalue weighted by atomic mass is 79.9. The molecule has 2 rings (SSSR count). The van der Waals surface area contributed by atoms with Crippen molar-refractivity contribution in [1.29, 1.82) is 0 Å². The standard InChI is InChI=1S/C18H17BrO4/c1-2-3-12-22-17(20)13-8-10-14(11-9-13)23-18(21)15-6-4-5-7-16(15)19/h4-11H,2-3,12H2,1H3. The van der Waals surface area contributed by atoms with Gasteiger partial charge in [0.05, 0.1) is 17.7 Å². The first-order chi connectivity index (χ1) is 11.1. The van der Waals surface area contributed by atoms with Crippen LogP contribution in [0.4, 0.5) is 0 Å². The van der Waals surface area contributed by atoms with Crippen molar-refractivity contribution >= 4 is 27.9 Å². The predicted octanol–water partition coefficient (Wildman–Crippen LogP) is 4.63. The predicted molar refractivity (Wildman–Crippen MR) is 90.7 cm³/mol. The van der Waals surface area contributed by atoms with E-state index in [-0.39, 0.29) is 5.97 Å². The van der Waals surface area contributed by atoms with Gasteiger partial charge in [0.25, 0.3) is 0 Å². The largest absolute Gasteiger partial charge is 0.462 e. The topological polar surface area (TPSA) is 52.6 Å². The highest BCUT2D eigenvalue weighted by Gasteiger charge is 2.13. The van der Waals surface area contributed by atoms with E-state index >= 15 is 0 Å². The maximum absolute atomic E-state index is 12.1. The van der Waals surface area contributed by atoms with Gasteiger partial charge in [-0.15, -0.1) is 0 Å². The molecule has 23 heavy (non-hydrogen) atoms. The second-order valence-corrected chi connectivity index (χ2v) is 5.74. The van der Waals surface area contributed by atoms with E-state index < -0.39 is 5.97 Å². The fourth-order valence-corrected chi connectivity index (χ4v) is 2.29. The van der Waals surface area contributed by atoms with E-state index in [0.717, 1.165) is 12.8 Å². The molecule has 0 aliphatic rings. The Morgan fingerprint density at radius 1 is 1.00 bits per heavy atom. The quantitative estimate of drug-likeness (QED) is 0.419. The number of benzene rings is 2. The molecular formula is C18H17BrO4. The second kappa shape index (κ2) is 8.48. The molecule has 0 saturated carbocycles. The summed E-state index contributed by atoms with van der Waals surface area (Å²) in [6, 6.07) is 13.3. The lowest BCUT2D eigenvalue weighted by atomic mass is 10.2. The molecular weight excluding hydrogens is 360 g/mol. The number of carbonyl (C=O) groups is 2. The Balaban J connectivity index is 1.99. The van der Waals surface area contributed by atoms with Crippen LogP contribution in [0.2, 0.25) is 0 Å². The summed E-state index contributed by atoms with van der Waals surface area (Å²) in [6.45, 7) is 2.44. The van der Waals surface area contributed by atoms with E-state index in [1.807, 2.05) is 13.0 Å². The first-order valence-electron chi connectivity index (χ1n) is 7.35. The third-order valence-corrected chi connectivity index (χ3v) is 3.82. The van der Waals surface area contributed by atoms with Crippen LogP contribution >= 0.6 is 15.9 Å². The highest BCUT2D eigenvalue weighted by Crippen LogP contribution is 2.19. The molecule has 0 heterocycles. The average molecular weight is 377 g/mol. The number of esters is 2. The van der Waals surface area contributed by atoms with Gasteiger partial charge in [-0.05, 0) is 58.7 Å². The van der Waals surface area contributed by atoms with Crippen LogP contribution in [0.15, 0.2) is 53.0 Å². The Morgan fingerprint density at radius 3 is 2.35 bits per heavy atom. The van der Waals surface area contributed by atoms with Gasteiger partial charge >= 0.3 is 11.9 Å². The maximum Gasteiger partial charge on any atom is 0.344 e. The van der Waals surface area contributed by atoms with Gasteiger partial charge in [0, 0.05) is 4.47 Å². The van der Waals surface area contributed by atoms with Crippen LogP contribution in [0.3, 0.4) is 0 Å². The summed E-state index contributed by atoms with van der Waals surface area (Å²) < 4.78 is 11.1. The Labute approximate surface area is 143 Å². The molecule has 0 amide bonds. The van der Waals surface area contributed by atoms with Crippen LogP contribution in [0, 0.1) is 0 Å². The molecule has 0 bridgehead atoms. The van der Waals surface area contributed by atoms with Gasteiger partial charge in [0.1, 0.15) is 5.75 Å². The minimum Gasteiger partial charge on any atom is -0.462 e. The van der Waals surface area contributed by atoms with E-state index in [4.69, 9.17) is 9.47 Å². The zero-order valence-electron chi connectivity index (χ0n) is 12.8. The van der Waals surface area contributed by atoms with E-state index in [2.05, 4.69) is 15.9 Å². The number of halogens is 1. The molecule has 5 heteroatoms. The van der Waals surface area contributed by atoms with Crippen molar-refractivity contribution in [3.8, 4) is 5.75 Å². The van der Waals surface area contributed by atoms with Crippen molar-refractivity contribution in [2.45, 2.75) is 19.8 Å². The van der Waals surface area contributed by atoms with Crippen molar-refractivity contribution < 1.29 is 19.1 Å². The molecule has 0 aliphatic carbocycles. The first-order valence-corrected chi connectivity index (χ1v) is 8.15. The number of ether oxygens (including phenoxy) is 2. The van der Waals surface area contributed by atoms with Crippen molar-refractivity contribution in [3.63, 3.8) is 0 Å². The molecule has 0 aliphatic heterocycles. The monoisotopic (exact) mass is 376 g/mol. The van der Waals surface area contributed by atoms with E-state index in [9.17, 15) is 9.59 Å². The third kappa shape index (κ3) is 4.93. The van der Waals surface area contributed by atoms with Crippen molar-refractivity contribution in [3.05, 3.63) is 64.1 Å². The summed E-state index contributed by atoms with van der Waals surface area (Å²) in [7, 11) is 0. The lowest BCUT2D eigenvalue weighted by molar-refractivity contribution is 0.0499. The van der Waals surface area contributed by atoms with Crippen molar-refractivity contribution in [1.82, 2.24) is 0 Å². The van der Waals surface area contributed by atoms with Crippen molar-refractivity contribution in [2.24, 2.45) is 0 Å². The first kappa shape index (κ1) is 17.2. The summed E-state index contributed by atoms with van der Waals surface area (Å²) in [5.74, 6) is -0.464. The molecule has 2 aromatic carbocycles. The lowest BCUT2D eigenvalue weighted by Crippen LogP contribution is -2.10. The maximum atomic E-state index is 12.1. The molecule has 0 spiro atoms. The highest BCUT2D eigenvalue weighted by molar-refractivity contribution is 9.10. The molecule has 0 atom stereocenters. The average Bonchev–Trinajstić information content (AvgIpc) is 2.56. The molecule has 0 radical (unpaired) electrons. The summed E-state index contributed by atoms with van der Waals surface area (Å²) >= 11 is 3.31. The third-order valence-electron chi connectivity index (χ3n) is 3.13. The van der Waals surface area contributed by atoms with Gasteiger partial charge in [-0.25, -0.2) is 9.59 Å². The summed E-state index contributed by atoms with van der Waals surface area (Å²) in [5, 5.41) is 0. The van der Waals surface area contributed by atoms with E-state index in [1.54, 1.807) is 42.5 Å². The summed E-state index contributed by atoms with van der Waals surface area (Å²) in [5.41, 5.74) is 0.873. The SMILES string of the molecule is CCCCOC(=O)c1ccc(OC(=O)c2ccccc2Br)cc1. The van der Waals surface area contributed by atoms with Crippen LogP contribution in [-0.4, -0.2) is 18.5 Å². The van der Waals surface area contributed by atoms with Gasteiger partial charge in [0.2, 0.25) is 0 Å². The van der Waals surface area contributed by atoms with Crippen LogP contribution in [0.25, 0.3) is 0 Å². The smallest absolute Gasteiger partial charge is 0.344 e. The van der Waals surface area contributed by atoms with Crippen LogP contribution in [0.1, 0.15) is 40.5 Å². The Bertz CT molecular complexity index is 680. The minimum absolute atomic E-state index is 0.371. The molecule has 0 unspecified atom stereocenters. The zero-order chi connectivity index (χ0) is 16.7. The minimum atomic E-state index is -0.462. The molecule has 0 aromatic heterocycles. The summed E-state index contributed by atoms with van der Waals surface area (Å²) in [6.07, 6.45) is 1.81. The molecule has 120 valence electrons. The Kier molecular flexibility index (Phi) is 6.35. The van der Waals surface area contributed by atoms with Gasteiger partial charge in [-0.2, -0.15) is 0 Å². The number of carbonyl (C=O) groups excluding carboxylic acids is 2. The normalized spacial score (nSPS) is 10.2. The molecule has 0 N–H and O–H groups in total. The van der Waals surface area contributed by atoms with Gasteiger partial charge in [-0.1, -0.05) is 25.5 Å². The lowest BCUT2D eigenvalue weighted by Gasteiger charge is -2.07.